The summed E-state index contributed by atoms with van der Waals surface area (Å²) in [6, 6.07) is 9.83. The van der Waals surface area contributed by atoms with Gasteiger partial charge in [-0.3, -0.25) is 4.79 Å². The Bertz CT molecular complexity index is 1110. The molecule has 0 N–H and O–H groups in total. The molecule has 0 bridgehead atoms. The fourth-order valence-electron chi connectivity index (χ4n) is 3.47. The number of hydrogen-bond acceptors (Lipinski definition) is 6. The first-order valence-corrected chi connectivity index (χ1v) is 9.33. The van der Waals surface area contributed by atoms with Gasteiger partial charge in [-0.1, -0.05) is 17.3 Å². The molecule has 4 rings (SSSR count). The van der Waals surface area contributed by atoms with Crippen LogP contribution in [0.2, 0.25) is 0 Å². The van der Waals surface area contributed by atoms with Crippen molar-refractivity contribution < 1.29 is 32.0 Å². The van der Waals surface area contributed by atoms with Gasteiger partial charge in [0.2, 0.25) is 17.6 Å². The largest absolute Gasteiger partial charge is 0.493 e. The smallest absolute Gasteiger partial charge is 0.416 e. The van der Waals surface area contributed by atoms with Crippen LogP contribution in [0.1, 0.15) is 23.8 Å². The van der Waals surface area contributed by atoms with E-state index in [-0.39, 0.29) is 35.5 Å². The molecule has 0 saturated carbocycles. The van der Waals surface area contributed by atoms with Crippen LogP contribution in [0.5, 0.6) is 11.5 Å². The second-order valence-corrected chi connectivity index (χ2v) is 6.98. The van der Waals surface area contributed by atoms with Gasteiger partial charge in [0.1, 0.15) is 0 Å². The van der Waals surface area contributed by atoms with Crippen LogP contribution in [0.4, 0.5) is 18.9 Å². The van der Waals surface area contributed by atoms with Crippen LogP contribution in [-0.4, -0.2) is 36.8 Å². The molecule has 7 nitrogen and oxygen atoms in total. The minimum atomic E-state index is -4.47. The van der Waals surface area contributed by atoms with Crippen LogP contribution in [0.15, 0.2) is 47.0 Å². The third-order valence-electron chi connectivity index (χ3n) is 5.04. The molecule has 1 amide bonds. The van der Waals surface area contributed by atoms with Crippen molar-refractivity contribution >= 4 is 11.6 Å². The highest BCUT2D eigenvalue weighted by Crippen LogP contribution is 2.37. The van der Waals surface area contributed by atoms with E-state index in [9.17, 15) is 18.0 Å². The number of carbonyl (C=O) groups excluding carboxylic acids is 1. The number of aromatic nitrogens is 2. The van der Waals surface area contributed by atoms with Gasteiger partial charge in [0.25, 0.3) is 0 Å². The summed E-state index contributed by atoms with van der Waals surface area (Å²) < 4.78 is 54.7. The lowest BCUT2D eigenvalue weighted by Crippen LogP contribution is -2.24. The fraction of sp³-hybridized carbons (Fsp3) is 0.286. The van der Waals surface area contributed by atoms with Crippen molar-refractivity contribution in [3.63, 3.8) is 0 Å². The van der Waals surface area contributed by atoms with Crippen molar-refractivity contribution in [2.24, 2.45) is 0 Å². The van der Waals surface area contributed by atoms with E-state index in [1.165, 1.54) is 26.4 Å². The third kappa shape index (κ3) is 4.05. The predicted octanol–water partition coefficient (Wildman–Crippen LogP) is 4.29. The summed E-state index contributed by atoms with van der Waals surface area (Å²) in [5.41, 5.74) is 0.0145. The Morgan fingerprint density at radius 2 is 1.87 bits per heavy atom. The van der Waals surface area contributed by atoms with E-state index in [4.69, 9.17) is 14.0 Å². The van der Waals surface area contributed by atoms with Crippen LogP contribution in [0, 0.1) is 0 Å². The maximum atomic E-state index is 13.0. The van der Waals surface area contributed by atoms with Crippen LogP contribution < -0.4 is 14.4 Å². The van der Waals surface area contributed by atoms with Gasteiger partial charge in [-0.15, -0.1) is 0 Å². The Balaban J connectivity index is 1.55. The highest BCUT2D eigenvalue weighted by molar-refractivity contribution is 5.96. The first-order valence-electron chi connectivity index (χ1n) is 9.33. The Morgan fingerprint density at radius 3 is 2.58 bits per heavy atom. The Hall–Kier alpha value is -3.56. The highest BCUT2D eigenvalue weighted by atomic mass is 19.4. The molecule has 10 heteroatoms. The SMILES string of the molecule is COc1ccc(N2CC(c3nc(-c4cccc(C(F)(F)F)c4)no3)CC2=O)cc1OC. The van der Waals surface area contributed by atoms with Crippen LogP contribution in [0.25, 0.3) is 11.4 Å². The van der Waals surface area contributed by atoms with E-state index in [1.807, 2.05) is 0 Å². The standard InChI is InChI=1S/C21H18F3N3O4/c1-29-16-7-6-15(10-17(16)30-2)27-11-13(9-18(27)28)20-25-19(26-31-20)12-4-3-5-14(8-12)21(22,23)24/h3-8,10,13H,9,11H2,1-2H3. The summed E-state index contributed by atoms with van der Waals surface area (Å²) in [5.74, 6) is 0.739. The maximum Gasteiger partial charge on any atom is 0.416 e. The van der Waals surface area contributed by atoms with E-state index < -0.39 is 11.7 Å². The van der Waals surface area contributed by atoms with E-state index in [2.05, 4.69) is 10.1 Å². The summed E-state index contributed by atoms with van der Waals surface area (Å²) >= 11 is 0. The Labute approximate surface area is 175 Å². The zero-order valence-electron chi connectivity index (χ0n) is 16.6. The summed E-state index contributed by atoms with van der Waals surface area (Å²) in [7, 11) is 3.02. The van der Waals surface area contributed by atoms with Crippen LogP contribution in [-0.2, 0) is 11.0 Å². The summed E-state index contributed by atoms with van der Waals surface area (Å²) in [4.78, 5) is 18.4. The first kappa shape index (κ1) is 20.7. The minimum absolute atomic E-state index is 0.0399. The quantitative estimate of drug-likeness (QED) is 0.597. The highest BCUT2D eigenvalue weighted by Gasteiger charge is 2.36. The molecule has 1 saturated heterocycles. The minimum Gasteiger partial charge on any atom is -0.493 e. The lowest BCUT2D eigenvalue weighted by molar-refractivity contribution is -0.137. The average Bonchev–Trinajstić information content (AvgIpc) is 3.40. The lowest BCUT2D eigenvalue weighted by atomic mass is 10.1. The molecule has 2 aromatic carbocycles. The predicted molar refractivity (Wildman–Crippen MR) is 104 cm³/mol. The number of rotatable bonds is 5. The van der Waals surface area contributed by atoms with Gasteiger partial charge < -0.3 is 18.9 Å². The van der Waals surface area contributed by atoms with Gasteiger partial charge in [0.15, 0.2) is 11.5 Å². The van der Waals surface area contributed by atoms with Gasteiger partial charge in [-0.05, 0) is 24.3 Å². The van der Waals surface area contributed by atoms with Crippen molar-refractivity contribution in [3.05, 3.63) is 53.9 Å². The molecule has 162 valence electrons. The number of amides is 1. The molecule has 1 fully saturated rings. The molecule has 2 heterocycles. The van der Waals surface area contributed by atoms with Crippen LogP contribution in [0.3, 0.4) is 0 Å². The zero-order chi connectivity index (χ0) is 22.2. The Morgan fingerprint density at radius 1 is 1.10 bits per heavy atom. The van der Waals surface area contributed by atoms with Crippen molar-refractivity contribution in [2.45, 2.75) is 18.5 Å². The lowest BCUT2D eigenvalue weighted by Gasteiger charge is -2.18. The summed E-state index contributed by atoms with van der Waals surface area (Å²) in [6.45, 7) is 0.290. The molecule has 3 aromatic rings. The molecule has 1 unspecified atom stereocenters. The van der Waals surface area contributed by atoms with Crippen LogP contribution >= 0.6 is 0 Å². The number of carbonyl (C=O) groups is 1. The number of anilines is 1. The molecule has 1 atom stereocenters. The van der Waals surface area contributed by atoms with Crippen molar-refractivity contribution in [2.75, 3.05) is 25.7 Å². The molecule has 31 heavy (non-hydrogen) atoms. The molecule has 0 spiro atoms. The number of halogens is 3. The van der Waals surface area contributed by atoms with Gasteiger partial charge >= 0.3 is 6.18 Å². The van der Waals surface area contributed by atoms with Gasteiger partial charge in [0.05, 0.1) is 25.7 Å². The number of ether oxygens (including phenoxy) is 2. The third-order valence-corrected chi connectivity index (χ3v) is 5.04. The molecule has 0 aliphatic carbocycles. The van der Waals surface area contributed by atoms with Gasteiger partial charge in [0, 0.05) is 30.3 Å². The van der Waals surface area contributed by atoms with E-state index >= 15 is 0 Å². The average molecular weight is 433 g/mol. The number of alkyl halides is 3. The number of methoxy groups -OCH3 is 2. The Kier molecular flexibility index (Phi) is 5.30. The fourth-order valence-corrected chi connectivity index (χ4v) is 3.47. The molecule has 1 aliphatic rings. The van der Waals surface area contributed by atoms with E-state index in [0.29, 0.717) is 23.7 Å². The first-order chi connectivity index (χ1) is 14.8. The zero-order valence-corrected chi connectivity index (χ0v) is 16.6. The molecular formula is C21H18F3N3O4. The van der Waals surface area contributed by atoms with Crippen molar-refractivity contribution in [3.8, 4) is 22.9 Å². The second kappa shape index (κ2) is 7.93. The molecule has 0 radical (unpaired) electrons. The topological polar surface area (TPSA) is 77.7 Å². The second-order valence-electron chi connectivity index (χ2n) is 6.98. The summed E-state index contributed by atoms with van der Waals surface area (Å²) in [5, 5.41) is 3.81. The van der Waals surface area contributed by atoms with E-state index in [1.54, 1.807) is 23.1 Å². The monoisotopic (exact) mass is 433 g/mol. The number of nitrogens with zero attached hydrogens (tertiary/aromatic N) is 3. The van der Waals surface area contributed by atoms with Gasteiger partial charge in [-0.2, -0.15) is 18.2 Å². The maximum absolute atomic E-state index is 13.0. The molecule has 1 aliphatic heterocycles. The molecule has 1 aromatic heterocycles. The van der Waals surface area contributed by atoms with Crippen molar-refractivity contribution in [1.29, 1.82) is 0 Å². The normalized spacial score (nSPS) is 16.6. The van der Waals surface area contributed by atoms with E-state index in [0.717, 1.165) is 12.1 Å². The molecular weight excluding hydrogens is 415 g/mol. The van der Waals surface area contributed by atoms with Crippen molar-refractivity contribution in [1.82, 2.24) is 10.1 Å². The summed E-state index contributed by atoms with van der Waals surface area (Å²) in [6.07, 6.45) is -4.33. The van der Waals surface area contributed by atoms with Gasteiger partial charge in [-0.25, -0.2) is 0 Å². The number of benzene rings is 2. The number of hydrogen-bond donors (Lipinski definition) is 0.